The van der Waals surface area contributed by atoms with Crippen LogP contribution in [0, 0.1) is 0 Å². The number of methoxy groups -OCH3 is 1. The third kappa shape index (κ3) is 2.36. The number of halogens is 1. The molecule has 18 heavy (non-hydrogen) atoms. The van der Waals surface area contributed by atoms with E-state index in [-0.39, 0.29) is 17.6 Å². The van der Waals surface area contributed by atoms with Gasteiger partial charge in [0.2, 0.25) is 0 Å². The van der Waals surface area contributed by atoms with Crippen molar-refractivity contribution in [3.05, 3.63) is 11.8 Å². The predicted octanol–water partition coefficient (Wildman–Crippen LogP) is 2.45. The van der Waals surface area contributed by atoms with Gasteiger partial charge in [-0.15, -0.1) is 0 Å². The molecule has 2 rings (SSSR count). The van der Waals surface area contributed by atoms with E-state index in [4.69, 9.17) is 10.5 Å². The molecule has 3 atom stereocenters. The molecule has 102 valence electrons. The monoisotopic (exact) mass is 255 g/mol. The Labute approximate surface area is 107 Å². The maximum absolute atomic E-state index is 13.7. The Morgan fingerprint density at radius 2 is 2.11 bits per heavy atom. The molecule has 0 aliphatic heterocycles. The highest BCUT2D eigenvalue weighted by Crippen LogP contribution is 2.38. The molecule has 1 aromatic rings. The lowest BCUT2D eigenvalue weighted by Crippen LogP contribution is -2.24. The topological polar surface area (TPSA) is 53.1 Å². The molecule has 0 amide bonds. The van der Waals surface area contributed by atoms with Crippen LogP contribution in [0.3, 0.4) is 0 Å². The van der Waals surface area contributed by atoms with Gasteiger partial charge in [-0.2, -0.15) is 5.10 Å². The van der Waals surface area contributed by atoms with Gasteiger partial charge in [0.15, 0.2) is 0 Å². The highest BCUT2D eigenvalue weighted by molar-refractivity contribution is 5.34. The molecule has 1 aliphatic carbocycles. The highest BCUT2D eigenvalue weighted by Gasteiger charge is 2.37. The third-order valence-corrected chi connectivity index (χ3v) is 3.54. The second-order valence-corrected chi connectivity index (χ2v) is 6.04. The molecule has 0 bridgehead atoms. The van der Waals surface area contributed by atoms with E-state index in [0.29, 0.717) is 18.7 Å². The summed E-state index contributed by atoms with van der Waals surface area (Å²) in [6, 6.07) is 1.86. The number of alkyl halides is 1. The summed E-state index contributed by atoms with van der Waals surface area (Å²) < 4.78 is 20.6. The van der Waals surface area contributed by atoms with Gasteiger partial charge in [0.05, 0.1) is 17.3 Å². The van der Waals surface area contributed by atoms with E-state index in [1.165, 1.54) is 0 Å². The maximum atomic E-state index is 13.7. The van der Waals surface area contributed by atoms with Crippen molar-refractivity contribution in [3.8, 4) is 0 Å². The molecule has 0 aromatic carbocycles. The smallest absolute Gasteiger partial charge is 0.127 e. The lowest BCUT2D eigenvalue weighted by Gasteiger charge is -2.20. The van der Waals surface area contributed by atoms with E-state index in [9.17, 15) is 4.39 Å². The van der Waals surface area contributed by atoms with Crippen LogP contribution in [0.5, 0.6) is 0 Å². The Morgan fingerprint density at radius 3 is 2.56 bits per heavy atom. The van der Waals surface area contributed by atoms with Gasteiger partial charge < -0.3 is 10.5 Å². The summed E-state index contributed by atoms with van der Waals surface area (Å²) in [4.78, 5) is 0. The standard InChI is InChI=1S/C13H22FN3O/c1-13(2,3)17-12(15)7-10(16-17)8-5-9(14)11(6-8)18-4/h7-9,11H,5-6,15H2,1-4H3. The van der Waals surface area contributed by atoms with Crippen molar-refractivity contribution in [1.29, 1.82) is 0 Å². The van der Waals surface area contributed by atoms with E-state index in [1.807, 2.05) is 26.8 Å². The van der Waals surface area contributed by atoms with Crippen molar-refractivity contribution in [1.82, 2.24) is 9.78 Å². The summed E-state index contributed by atoms with van der Waals surface area (Å²) >= 11 is 0. The molecule has 5 heteroatoms. The van der Waals surface area contributed by atoms with E-state index < -0.39 is 6.17 Å². The Bertz CT molecular complexity index is 424. The van der Waals surface area contributed by atoms with Crippen LogP contribution in [0.4, 0.5) is 10.2 Å². The van der Waals surface area contributed by atoms with Gasteiger partial charge in [-0.3, -0.25) is 0 Å². The van der Waals surface area contributed by atoms with Crippen LogP contribution in [0.2, 0.25) is 0 Å². The van der Waals surface area contributed by atoms with Crippen LogP contribution in [0.15, 0.2) is 6.07 Å². The first-order chi connectivity index (χ1) is 8.32. The number of nitrogen functional groups attached to an aromatic ring is 1. The number of aromatic nitrogens is 2. The highest BCUT2D eigenvalue weighted by atomic mass is 19.1. The molecule has 1 aliphatic rings. The van der Waals surface area contributed by atoms with Gasteiger partial charge in [-0.1, -0.05) is 0 Å². The summed E-state index contributed by atoms with van der Waals surface area (Å²) in [6.07, 6.45) is -0.0609. The van der Waals surface area contributed by atoms with Gasteiger partial charge in [0.25, 0.3) is 0 Å². The van der Waals surface area contributed by atoms with Gasteiger partial charge in [0, 0.05) is 19.1 Å². The second-order valence-electron chi connectivity index (χ2n) is 6.04. The molecule has 3 unspecified atom stereocenters. The predicted molar refractivity (Wildman–Crippen MR) is 69.3 cm³/mol. The normalized spacial score (nSPS) is 28.8. The van der Waals surface area contributed by atoms with Crippen molar-refractivity contribution >= 4 is 5.82 Å². The molecule has 2 N–H and O–H groups in total. The third-order valence-electron chi connectivity index (χ3n) is 3.54. The number of hydrogen-bond acceptors (Lipinski definition) is 3. The fourth-order valence-electron chi connectivity index (χ4n) is 2.58. The molecule has 0 spiro atoms. The van der Waals surface area contributed by atoms with Crippen LogP contribution in [-0.4, -0.2) is 29.2 Å². The van der Waals surface area contributed by atoms with E-state index in [0.717, 1.165) is 5.69 Å². The van der Waals surface area contributed by atoms with Gasteiger partial charge in [-0.05, 0) is 33.6 Å². The Hall–Kier alpha value is -1.10. The Morgan fingerprint density at radius 1 is 1.44 bits per heavy atom. The summed E-state index contributed by atoms with van der Waals surface area (Å²) in [6.45, 7) is 6.14. The van der Waals surface area contributed by atoms with Crippen molar-refractivity contribution in [3.63, 3.8) is 0 Å². The van der Waals surface area contributed by atoms with Crippen LogP contribution in [0.1, 0.15) is 45.2 Å². The Kier molecular flexibility index (Phi) is 3.36. The van der Waals surface area contributed by atoms with Gasteiger partial charge in [0.1, 0.15) is 12.0 Å². The summed E-state index contributed by atoms with van der Waals surface area (Å²) in [7, 11) is 1.56. The summed E-state index contributed by atoms with van der Waals surface area (Å²) in [5.41, 5.74) is 6.70. The molecule has 1 saturated carbocycles. The summed E-state index contributed by atoms with van der Waals surface area (Å²) in [5, 5.41) is 4.54. The van der Waals surface area contributed by atoms with Crippen LogP contribution >= 0.6 is 0 Å². The number of hydrogen-bond donors (Lipinski definition) is 1. The Balaban J connectivity index is 2.21. The van der Waals surface area contributed by atoms with Crippen LogP contribution in [-0.2, 0) is 10.3 Å². The lowest BCUT2D eigenvalue weighted by atomic mass is 10.0. The maximum Gasteiger partial charge on any atom is 0.127 e. The molecule has 4 nitrogen and oxygen atoms in total. The molecular weight excluding hydrogens is 233 g/mol. The number of nitrogens with two attached hydrogens (primary N) is 1. The van der Waals surface area contributed by atoms with Crippen LogP contribution in [0.25, 0.3) is 0 Å². The van der Waals surface area contributed by atoms with Crippen molar-refractivity contribution in [2.45, 2.75) is 57.3 Å². The van der Waals surface area contributed by atoms with E-state index >= 15 is 0 Å². The minimum absolute atomic E-state index is 0.107. The molecular formula is C13H22FN3O. The van der Waals surface area contributed by atoms with Gasteiger partial charge >= 0.3 is 0 Å². The zero-order chi connectivity index (χ0) is 13.5. The average Bonchev–Trinajstić information content (AvgIpc) is 2.80. The van der Waals surface area contributed by atoms with E-state index in [2.05, 4.69) is 5.10 Å². The fraction of sp³-hybridized carbons (Fsp3) is 0.769. The first-order valence-electron chi connectivity index (χ1n) is 6.35. The fourth-order valence-corrected chi connectivity index (χ4v) is 2.58. The minimum atomic E-state index is -0.902. The van der Waals surface area contributed by atoms with Crippen molar-refractivity contribution in [2.75, 3.05) is 12.8 Å². The second kappa shape index (κ2) is 4.53. The number of nitrogens with zero attached hydrogens (tertiary/aromatic N) is 2. The number of rotatable bonds is 2. The average molecular weight is 255 g/mol. The SMILES string of the molecule is COC1CC(c2cc(N)n(C(C)(C)C)n2)CC1F. The quantitative estimate of drug-likeness (QED) is 0.883. The van der Waals surface area contributed by atoms with Gasteiger partial charge in [-0.25, -0.2) is 9.07 Å². The zero-order valence-electron chi connectivity index (χ0n) is 11.5. The molecule has 1 aromatic heterocycles. The first-order valence-corrected chi connectivity index (χ1v) is 6.35. The number of anilines is 1. The molecule has 0 radical (unpaired) electrons. The number of ether oxygens (including phenoxy) is 1. The lowest BCUT2D eigenvalue weighted by molar-refractivity contribution is 0.0525. The zero-order valence-corrected chi connectivity index (χ0v) is 11.5. The summed E-state index contributed by atoms with van der Waals surface area (Å²) in [5.74, 6) is 0.740. The van der Waals surface area contributed by atoms with E-state index in [1.54, 1.807) is 11.8 Å². The van der Waals surface area contributed by atoms with Crippen LogP contribution < -0.4 is 5.73 Å². The largest absolute Gasteiger partial charge is 0.384 e. The molecule has 1 heterocycles. The van der Waals surface area contributed by atoms with Crippen molar-refractivity contribution in [2.24, 2.45) is 0 Å². The molecule has 1 fully saturated rings. The van der Waals surface area contributed by atoms with Crippen molar-refractivity contribution < 1.29 is 9.13 Å². The molecule has 0 saturated heterocycles. The first kappa shape index (κ1) is 13.3. The minimum Gasteiger partial charge on any atom is -0.384 e.